The Balaban J connectivity index is 1.86. The van der Waals surface area contributed by atoms with Crippen molar-refractivity contribution in [1.82, 2.24) is 15.1 Å². The molecule has 1 aliphatic carbocycles. The molecule has 1 aromatic carbocycles. The Labute approximate surface area is 130 Å². The average Bonchev–Trinajstić information content (AvgIpc) is 3.16. The Bertz CT molecular complexity index is 672. The van der Waals surface area contributed by atoms with Crippen molar-refractivity contribution in [2.45, 2.75) is 38.6 Å². The van der Waals surface area contributed by atoms with Crippen LogP contribution in [0, 0.1) is 6.92 Å². The molecule has 0 unspecified atom stereocenters. The maximum atomic E-state index is 12.4. The molecule has 22 heavy (non-hydrogen) atoms. The van der Waals surface area contributed by atoms with Crippen molar-refractivity contribution in [2.24, 2.45) is 0 Å². The summed E-state index contributed by atoms with van der Waals surface area (Å²) in [5.74, 6) is 0.696. The molecular weight excluding hydrogens is 278 g/mol. The van der Waals surface area contributed by atoms with E-state index >= 15 is 0 Å². The van der Waals surface area contributed by atoms with Crippen molar-refractivity contribution >= 4 is 5.91 Å². The molecule has 2 aromatic rings. The van der Waals surface area contributed by atoms with Crippen LogP contribution in [0.1, 0.15) is 41.7 Å². The summed E-state index contributed by atoms with van der Waals surface area (Å²) in [7, 11) is 1.63. The number of amides is 1. The smallest absolute Gasteiger partial charge is 0.254 e. The number of ether oxygens (including phenoxy) is 1. The Morgan fingerprint density at radius 1 is 1.32 bits per heavy atom. The van der Waals surface area contributed by atoms with Gasteiger partial charge in [0.15, 0.2) is 0 Å². The number of hydrogen-bond donors (Lipinski definition) is 1. The number of carbonyl (C=O) groups is 1. The van der Waals surface area contributed by atoms with Crippen LogP contribution in [0.2, 0.25) is 0 Å². The summed E-state index contributed by atoms with van der Waals surface area (Å²) in [4.78, 5) is 12.4. The molecule has 1 N–H and O–H groups in total. The van der Waals surface area contributed by atoms with E-state index in [1.54, 1.807) is 18.0 Å². The topological polar surface area (TPSA) is 56.2 Å². The zero-order valence-electron chi connectivity index (χ0n) is 13.0. The molecule has 0 spiro atoms. The van der Waals surface area contributed by atoms with Crippen LogP contribution in [0.15, 0.2) is 30.5 Å². The quantitative estimate of drug-likeness (QED) is 0.944. The fourth-order valence-corrected chi connectivity index (χ4v) is 3.01. The van der Waals surface area contributed by atoms with Gasteiger partial charge < -0.3 is 10.1 Å². The van der Waals surface area contributed by atoms with Crippen LogP contribution in [-0.2, 0) is 0 Å². The first-order valence-electron chi connectivity index (χ1n) is 7.69. The van der Waals surface area contributed by atoms with Crippen molar-refractivity contribution in [1.29, 1.82) is 0 Å². The van der Waals surface area contributed by atoms with Gasteiger partial charge in [-0.15, -0.1) is 0 Å². The molecular formula is C17H21N3O2. The lowest BCUT2D eigenvalue weighted by molar-refractivity contribution is 0.0937. The fraction of sp³-hybridized carbons (Fsp3) is 0.412. The van der Waals surface area contributed by atoms with Crippen LogP contribution in [0.5, 0.6) is 5.75 Å². The second kappa shape index (κ2) is 6.22. The van der Waals surface area contributed by atoms with E-state index in [-0.39, 0.29) is 5.91 Å². The fourth-order valence-electron chi connectivity index (χ4n) is 3.01. The maximum Gasteiger partial charge on any atom is 0.254 e. The lowest BCUT2D eigenvalue weighted by Gasteiger charge is -2.12. The highest BCUT2D eigenvalue weighted by Gasteiger charge is 2.21. The van der Waals surface area contributed by atoms with Gasteiger partial charge in [-0.1, -0.05) is 25.0 Å². The zero-order valence-corrected chi connectivity index (χ0v) is 13.0. The van der Waals surface area contributed by atoms with Gasteiger partial charge in [-0.25, -0.2) is 4.68 Å². The van der Waals surface area contributed by atoms with Crippen LogP contribution in [0.4, 0.5) is 0 Å². The van der Waals surface area contributed by atoms with E-state index in [1.165, 1.54) is 12.8 Å². The summed E-state index contributed by atoms with van der Waals surface area (Å²) in [6, 6.07) is 7.96. The number of benzene rings is 1. The molecule has 0 radical (unpaired) electrons. The maximum absolute atomic E-state index is 12.4. The Hall–Kier alpha value is -2.30. The lowest BCUT2D eigenvalue weighted by atomic mass is 10.2. The van der Waals surface area contributed by atoms with Crippen molar-refractivity contribution in [3.05, 3.63) is 41.7 Å². The van der Waals surface area contributed by atoms with Gasteiger partial charge in [0.05, 0.1) is 24.6 Å². The number of methoxy groups -OCH3 is 1. The van der Waals surface area contributed by atoms with E-state index in [2.05, 4.69) is 10.4 Å². The van der Waals surface area contributed by atoms with Gasteiger partial charge in [-0.2, -0.15) is 5.10 Å². The SMILES string of the molecule is COc1ccccc1-n1ncc(C(=O)NC2CCCC2)c1C. The third-order valence-electron chi connectivity index (χ3n) is 4.26. The van der Waals surface area contributed by atoms with E-state index in [9.17, 15) is 4.79 Å². The van der Waals surface area contributed by atoms with Gasteiger partial charge in [-0.3, -0.25) is 4.79 Å². The molecule has 5 heteroatoms. The first kappa shape index (κ1) is 14.6. The van der Waals surface area contributed by atoms with Gasteiger partial charge in [0.1, 0.15) is 11.4 Å². The van der Waals surface area contributed by atoms with Crippen molar-refractivity contribution in [3.63, 3.8) is 0 Å². The summed E-state index contributed by atoms with van der Waals surface area (Å²) < 4.78 is 7.12. The minimum atomic E-state index is -0.0365. The van der Waals surface area contributed by atoms with E-state index in [1.807, 2.05) is 31.2 Å². The Kier molecular flexibility index (Phi) is 4.13. The van der Waals surface area contributed by atoms with Crippen molar-refractivity contribution in [2.75, 3.05) is 7.11 Å². The van der Waals surface area contributed by atoms with Crippen LogP contribution in [0.25, 0.3) is 5.69 Å². The van der Waals surface area contributed by atoms with E-state index < -0.39 is 0 Å². The molecule has 116 valence electrons. The number of nitrogens with zero attached hydrogens (tertiary/aromatic N) is 2. The number of aromatic nitrogens is 2. The highest BCUT2D eigenvalue weighted by atomic mass is 16.5. The lowest BCUT2D eigenvalue weighted by Crippen LogP contribution is -2.32. The second-order valence-electron chi connectivity index (χ2n) is 5.68. The van der Waals surface area contributed by atoms with Crippen LogP contribution in [-0.4, -0.2) is 28.8 Å². The molecule has 0 atom stereocenters. The highest BCUT2D eigenvalue weighted by Crippen LogP contribution is 2.24. The molecule has 3 rings (SSSR count). The predicted molar refractivity (Wildman–Crippen MR) is 84.6 cm³/mol. The van der Waals surface area contributed by atoms with E-state index in [0.29, 0.717) is 11.6 Å². The average molecular weight is 299 g/mol. The Morgan fingerprint density at radius 2 is 2.05 bits per heavy atom. The number of para-hydroxylation sites is 2. The van der Waals surface area contributed by atoms with Crippen LogP contribution >= 0.6 is 0 Å². The molecule has 1 heterocycles. The Morgan fingerprint density at radius 3 is 2.77 bits per heavy atom. The molecule has 0 saturated heterocycles. The second-order valence-corrected chi connectivity index (χ2v) is 5.68. The summed E-state index contributed by atoms with van der Waals surface area (Å²) in [5, 5.41) is 7.47. The van der Waals surface area contributed by atoms with Crippen molar-refractivity contribution in [3.8, 4) is 11.4 Å². The van der Waals surface area contributed by atoms with Gasteiger partial charge in [0.25, 0.3) is 5.91 Å². The zero-order chi connectivity index (χ0) is 15.5. The molecule has 5 nitrogen and oxygen atoms in total. The molecule has 1 aliphatic rings. The van der Waals surface area contributed by atoms with Crippen molar-refractivity contribution < 1.29 is 9.53 Å². The van der Waals surface area contributed by atoms with E-state index in [0.717, 1.165) is 30.0 Å². The first-order chi connectivity index (χ1) is 10.7. The predicted octanol–water partition coefficient (Wildman–Crippen LogP) is 2.86. The summed E-state index contributed by atoms with van der Waals surface area (Å²) in [6.07, 6.45) is 6.18. The monoisotopic (exact) mass is 299 g/mol. The summed E-state index contributed by atoms with van der Waals surface area (Å²) in [5.41, 5.74) is 2.28. The minimum absolute atomic E-state index is 0.0365. The van der Waals surface area contributed by atoms with E-state index in [4.69, 9.17) is 4.74 Å². The molecule has 0 aliphatic heterocycles. The standard InChI is InChI=1S/C17H21N3O2/c1-12-14(17(21)19-13-7-3-4-8-13)11-18-20(12)15-9-5-6-10-16(15)22-2/h5-6,9-11,13H,3-4,7-8H2,1-2H3,(H,19,21). The van der Waals surface area contributed by atoms with Gasteiger partial charge in [0.2, 0.25) is 0 Å². The molecule has 1 amide bonds. The first-order valence-corrected chi connectivity index (χ1v) is 7.69. The molecule has 1 fully saturated rings. The normalized spacial score (nSPS) is 15.0. The molecule has 1 saturated carbocycles. The summed E-state index contributed by atoms with van der Waals surface area (Å²) in [6.45, 7) is 1.91. The molecule has 1 aromatic heterocycles. The third-order valence-corrected chi connectivity index (χ3v) is 4.26. The van der Waals surface area contributed by atoms with Gasteiger partial charge in [0, 0.05) is 6.04 Å². The molecule has 0 bridgehead atoms. The number of carbonyl (C=O) groups excluding carboxylic acids is 1. The highest BCUT2D eigenvalue weighted by molar-refractivity contribution is 5.95. The van der Waals surface area contributed by atoms with Gasteiger partial charge >= 0.3 is 0 Å². The largest absolute Gasteiger partial charge is 0.494 e. The summed E-state index contributed by atoms with van der Waals surface area (Å²) >= 11 is 0. The number of hydrogen-bond acceptors (Lipinski definition) is 3. The van der Waals surface area contributed by atoms with Gasteiger partial charge in [-0.05, 0) is 31.9 Å². The van der Waals surface area contributed by atoms with Crippen LogP contribution < -0.4 is 10.1 Å². The third kappa shape index (κ3) is 2.71. The van der Waals surface area contributed by atoms with Crippen LogP contribution in [0.3, 0.4) is 0 Å². The number of rotatable bonds is 4. The number of nitrogens with one attached hydrogen (secondary N) is 1. The minimum Gasteiger partial charge on any atom is -0.494 e.